The molecular formula is C23H19N2O2S-. The van der Waals surface area contributed by atoms with Gasteiger partial charge in [-0.05, 0) is 55.3 Å². The van der Waals surface area contributed by atoms with Crippen molar-refractivity contribution in [1.82, 2.24) is 9.78 Å². The Bertz CT molecular complexity index is 1130. The number of rotatable bonds is 4. The van der Waals surface area contributed by atoms with Gasteiger partial charge in [-0.2, -0.15) is 5.10 Å². The van der Waals surface area contributed by atoms with Crippen LogP contribution < -0.4 is 0 Å². The number of hydrogen-bond donors (Lipinski definition) is 0. The molecule has 4 rings (SSSR count). The molecule has 0 N–H and O–H groups in total. The summed E-state index contributed by atoms with van der Waals surface area (Å²) in [5.74, 6) is 0. The quantitative estimate of drug-likeness (QED) is 0.460. The Hall–Kier alpha value is -3.02. The fraction of sp³-hybridized carbons (Fsp3) is 0.0870. The minimum absolute atomic E-state index is 0.256. The summed E-state index contributed by atoms with van der Waals surface area (Å²) in [6.07, 6.45) is 0. The van der Waals surface area contributed by atoms with E-state index in [0.29, 0.717) is 0 Å². The van der Waals surface area contributed by atoms with Crippen LogP contribution in [0.2, 0.25) is 0 Å². The van der Waals surface area contributed by atoms with Gasteiger partial charge >= 0.3 is 0 Å². The maximum Gasteiger partial charge on any atom is 0.0934 e. The van der Waals surface area contributed by atoms with E-state index in [4.69, 9.17) is 5.10 Å². The van der Waals surface area contributed by atoms with Crippen LogP contribution in [-0.2, 0) is 11.1 Å². The molecule has 4 nitrogen and oxygen atoms in total. The fourth-order valence-electron chi connectivity index (χ4n) is 3.07. The zero-order valence-corrected chi connectivity index (χ0v) is 16.4. The van der Waals surface area contributed by atoms with Crippen molar-refractivity contribution < 1.29 is 8.76 Å². The lowest BCUT2D eigenvalue weighted by molar-refractivity contribution is 0.537. The van der Waals surface area contributed by atoms with Gasteiger partial charge in [0.15, 0.2) is 0 Å². The highest BCUT2D eigenvalue weighted by molar-refractivity contribution is 7.79. The van der Waals surface area contributed by atoms with Crippen molar-refractivity contribution in [2.24, 2.45) is 0 Å². The molecule has 1 heterocycles. The van der Waals surface area contributed by atoms with Crippen LogP contribution in [0.15, 0.2) is 83.8 Å². The molecule has 0 bridgehead atoms. The highest BCUT2D eigenvalue weighted by Gasteiger charge is 2.13. The summed E-state index contributed by atoms with van der Waals surface area (Å²) in [4.78, 5) is 0.256. The van der Waals surface area contributed by atoms with Gasteiger partial charge in [0, 0.05) is 16.0 Å². The van der Waals surface area contributed by atoms with Crippen molar-refractivity contribution in [2.45, 2.75) is 18.7 Å². The zero-order chi connectivity index (χ0) is 19.7. The van der Waals surface area contributed by atoms with Gasteiger partial charge in [0.1, 0.15) is 0 Å². The van der Waals surface area contributed by atoms with Crippen molar-refractivity contribution in [3.8, 4) is 28.2 Å². The fourth-order valence-corrected chi connectivity index (χ4v) is 3.43. The highest BCUT2D eigenvalue weighted by atomic mass is 32.2. The molecule has 0 aliphatic carbocycles. The summed E-state index contributed by atoms with van der Waals surface area (Å²) in [6, 6.07) is 25.3. The molecule has 0 saturated heterocycles. The predicted molar refractivity (Wildman–Crippen MR) is 111 cm³/mol. The summed E-state index contributed by atoms with van der Waals surface area (Å²) < 4.78 is 24.2. The van der Waals surface area contributed by atoms with Crippen LogP contribution in [0.25, 0.3) is 28.2 Å². The summed E-state index contributed by atoms with van der Waals surface area (Å²) in [5, 5.41) is 4.82. The average molecular weight is 387 g/mol. The van der Waals surface area contributed by atoms with Gasteiger partial charge in [-0.1, -0.05) is 59.7 Å². The third kappa shape index (κ3) is 3.67. The molecule has 1 atom stereocenters. The van der Waals surface area contributed by atoms with Gasteiger partial charge < -0.3 is 4.55 Å². The Labute approximate surface area is 166 Å². The smallest absolute Gasteiger partial charge is 0.0934 e. The molecule has 5 heteroatoms. The second-order valence-corrected chi connectivity index (χ2v) is 7.73. The van der Waals surface area contributed by atoms with Crippen LogP contribution in [-0.4, -0.2) is 18.5 Å². The molecule has 1 unspecified atom stereocenters. The third-order valence-corrected chi connectivity index (χ3v) is 5.33. The maximum atomic E-state index is 11.2. The van der Waals surface area contributed by atoms with Crippen LogP contribution >= 0.6 is 0 Å². The van der Waals surface area contributed by atoms with Crippen LogP contribution in [0.1, 0.15) is 11.1 Å². The molecule has 0 spiro atoms. The minimum atomic E-state index is -2.24. The standard InChI is InChI=1S/C23H20N2O2S/c1-16-3-7-18(8-4-16)22-15-23(19-9-5-17(2)6-10-19)25(24-22)20-11-13-21(14-12-20)28(26)27/h3-15H,1-2H3,(H,26,27)/p-1. The number of hydrogen-bond acceptors (Lipinski definition) is 3. The molecule has 0 aliphatic heterocycles. The lowest BCUT2D eigenvalue weighted by Gasteiger charge is -2.10. The second kappa shape index (κ2) is 7.54. The molecular weight excluding hydrogens is 368 g/mol. The van der Waals surface area contributed by atoms with Gasteiger partial charge in [-0.15, -0.1) is 0 Å². The normalized spacial score (nSPS) is 12.1. The van der Waals surface area contributed by atoms with Gasteiger partial charge in [0.25, 0.3) is 0 Å². The number of nitrogens with zero attached hydrogens (tertiary/aromatic N) is 2. The van der Waals surface area contributed by atoms with E-state index in [2.05, 4.69) is 68.4 Å². The van der Waals surface area contributed by atoms with E-state index in [9.17, 15) is 8.76 Å². The molecule has 0 aliphatic rings. The molecule has 3 aromatic carbocycles. The molecule has 140 valence electrons. The van der Waals surface area contributed by atoms with Crippen molar-refractivity contribution >= 4 is 11.1 Å². The van der Waals surface area contributed by atoms with E-state index in [1.54, 1.807) is 24.3 Å². The monoisotopic (exact) mass is 387 g/mol. The lowest BCUT2D eigenvalue weighted by Crippen LogP contribution is -2.00. The van der Waals surface area contributed by atoms with Crippen LogP contribution in [0.3, 0.4) is 0 Å². The summed E-state index contributed by atoms with van der Waals surface area (Å²) in [7, 11) is 0. The van der Waals surface area contributed by atoms with Crippen molar-refractivity contribution in [2.75, 3.05) is 0 Å². The van der Waals surface area contributed by atoms with Gasteiger partial charge in [-0.25, -0.2) is 4.68 Å². The molecule has 4 aromatic rings. The Kier molecular flexibility index (Phi) is 4.94. The Morgan fingerprint density at radius 1 is 0.786 bits per heavy atom. The van der Waals surface area contributed by atoms with Crippen molar-refractivity contribution in [3.05, 3.63) is 90.0 Å². The van der Waals surface area contributed by atoms with E-state index in [0.717, 1.165) is 28.2 Å². The molecule has 0 amide bonds. The van der Waals surface area contributed by atoms with E-state index >= 15 is 0 Å². The summed E-state index contributed by atoms with van der Waals surface area (Å²) in [5.41, 5.74) is 7.10. The van der Waals surface area contributed by atoms with Crippen LogP contribution in [0, 0.1) is 13.8 Å². The molecule has 0 radical (unpaired) electrons. The van der Waals surface area contributed by atoms with Crippen LogP contribution in [0.4, 0.5) is 0 Å². The first-order valence-electron chi connectivity index (χ1n) is 8.95. The first kappa shape index (κ1) is 18.3. The molecule has 0 fully saturated rings. The van der Waals surface area contributed by atoms with Crippen molar-refractivity contribution in [1.29, 1.82) is 0 Å². The van der Waals surface area contributed by atoms with Gasteiger partial charge in [0.2, 0.25) is 0 Å². The van der Waals surface area contributed by atoms with Crippen LogP contribution in [0.5, 0.6) is 0 Å². The largest absolute Gasteiger partial charge is 0.768 e. The van der Waals surface area contributed by atoms with Gasteiger partial charge in [-0.3, -0.25) is 4.21 Å². The SMILES string of the molecule is Cc1ccc(-c2cc(-c3ccc(C)cc3)n(-c3ccc(S(=O)[O-])cc3)n2)cc1. The van der Waals surface area contributed by atoms with E-state index < -0.39 is 11.1 Å². The molecule has 0 saturated carbocycles. The summed E-state index contributed by atoms with van der Waals surface area (Å²) >= 11 is -2.24. The van der Waals surface area contributed by atoms with E-state index in [-0.39, 0.29) is 4.90 Å². The topological polar surface area (TPSA) is 58.0 Å². The van der Waals surface area contributed by atoms with E-state index in [1.807, 2.05) is 4.68 Å². The number of aryl methyl sites for hydroxylation is 2. The molecule has 28 heavy (non-hydrogen) atoms. The zero-order valence-electron chi connectivity index (χ0n) is 15.6. The maximum absolute atomic E-state index is 11.2. The molecule has 1 aromatic heterocycles. The average Bonchev–Trinajstić information content (AvgIpc) is 3.14. The first-order chi connectivity index (χ1) is 13.5. The summed E-state index contributed by atoms with van der Waals surface area (Å²) in [6.45, 7) is 4.11. The minimum Gasteiger partial charge on any atom is -0.768 e. The Morgan fingerprint density at radius 2 is 1.32 bits per heavy atom. The second-order valence-electron chi connectivity index (χ2n) is 6.79. The Morgan fingerprint density at radius 3 is 1.86 bits per heavy atom. The van der Waals surface area contributed by atoms with Crippen molar-refractivity contribution in [3.63, 3.8) is 0 Å². The number of benzene rings is 3. The third-order valence-electron chi connectivity index (χ3n) is 4.68. The Balaban J connectivity index is 1.86. The van der Waals surface area contributed by atoms with E-state index in [1.165, 1.54) is 11.1 Å². The highest BCUT2D eigenvalue weighted by Crippen LogP contribution is 2.29. The van der Waals surface area contributed by atoms with Gasteiger partial charge in [0.05, 0.1) is 17.1 Å². The predicted octanol–water partition coefficient (Wildman–Crippen LogP) is 5.06. The first-order valence-corrected chi connectivity index (χ1v) is 10.0. The number of aromatic nitrogens is 2. The lowest BCUT2D eigenvalue weighted by atomic mass is 10.1.